The first-order valence-electron chi connectivity index (χ1n) is 9.36. The quantitative estimate of drug-likeness (QED) is 0.329. The molecule has 0 radical (unpaired) electrons. The summed E-state index contributed by atoms with van der Waals surface area (Å²) in [5.74, 6) is 2.44. The molecular weight excluding hydrogens is 402 g/mol. The normalized spacial score (nSPS) is 10.8. The van der Waals surface area contributed by atoms with Gasteiger partial charge in [0.2, 0.25) is 0 Å². The van der Waals surface area contributed by atoms with E-state index in [1.165, 1.54) is 5.56 Å². The van der Waals surface area contributed by atoms with Gasteiger partial charge in [0.05, 0.1) is 6.61 Å². The first-order chi connectivity index (χ1) is 14.2. The third-order valence-electron chi connectivity index (χ3n) is 4.35. The van der Waals surface area contributed by atoms with Gasteiger partial charge in [-0.3, -0.25) is 4.57 Å². The van der Waals surface area contributed by atoms with Crippen LogP contribution in [-0.2, 0) is 5.75 Å². The molecule has 3 aromatic carbocycles. The Kier molecular flexibility index (Phi) is 6.17. The van der Waals surface area contributed by atoms with Crippen LogP contribution in [0, 0.1) is 0 Å². The van der Waals surface area contributed by atoms with Crippen LogP contribution in [0.2, 0.25) is 5.02 Å². The molecule has 0 N–H and O–H groups in total. The Bertz CT molecular complexity index is 1060. The largest absolute Gasteiger partial charge is 0.494 e. The Hall–Kier alpha value is -2.76. The Morgan fingerprint density at radius 1 is 0.897 bits per heavy atom. The molecule has 4 rings (SSSR count). The Labute approximate surface area is 179 Å². The molecular formula is C23H20ClN3OS. The number of aromatic nitrogens is 3. The number of halogens is 1. The molecule has 1 aromatic heterocycles. The second kappa shape index (κ2) is 9.16. The van der Waals surface area contributed by atoms with Crippen molar-refractivity contribution in [1.29, 1.82) is 0 Å². The Balaban J connectivity index is 1.71. The summed E-state index contributed by atoms with van der Waals surface area (Å²) in [4.78, 5) is 0. The minimum Gasteiger partial charge on any atom is -0.494 e. The fourth-order valence-electron chi connectivity index (χ4n) is 2.96. The molecule has 0 fully saturated rings. The maximum absolute atomic E-state index is 6.06. The van der Waals surface area contributed by atoms with Crippen LogP contribution in [0.1, 0.15) is 12.5 Å². The molecule has 29 heavy (non-hydrogen) atoms. The van der Waals surface area contributed by atoms with E-state index in [1.54, 1.807) is 11.8 Å². The number of hydrogen-bond donors (Lipinski definition) is 0. The molecule has 4 aromatic rings. The first-order valence-corrected chi connectivity index (χ1v) is 10.7. The van der Waals surface area contributed by atoms with Gasteiger partial charge in [0.1, 0.15) is 5.75 Å². The number of benzene rings is 3. The topological polar surface area (TPSA) is 39.9 Å². The molecule has 0 aliphatic rings. The van der Waals surface area contributed by atoms with Gasteiger partial charge >= 0.3 is 0 Å². The molecule has 0 unspecified atom stereocenters. The van der Waals surface area contributed by atoms with E-state index < -0.39 is 0 Å². The van der Waals surface area contributed by atoms with Crippen molar-refractivity contribution < 1.29 is 4.74 Å². The van der Waals surface area contributed by atoms with Crippen molar-refractivity contribution in [3.8, 4) is 22.8 Å². The fraction of sp³-hybridized carbons (Fsp3) is 0.130. The zero-order chi connectivity index (χ0) is 20.1. The molecule has 0 amide bonds. The molecule has 146 valence electrons. The van der Waals surface area contributed by atoms with Crippen LogP contribution >= 0.6 is 23.4 Å². The summed E-state index contributed by atoms with van der Waals surface area (Å²) in [6, 6.07) is 26.0. The molecule has 0 bridgehead atoms. The molecule has 1 heterocycles. The number of rotatable bonds is 7. The van der Waals surface area contributed by atoms with Gasteiger partial charge in [-0.25, -0.2) is 0 Å². The van der Waals surface area contributed by atoms with Crippen molar-refractivity contribution in [2.45, 2.75) is 17.8 Å². The predicted molar refractivity (Wildman–Crippen MR) is 119 cm³/mol. The maximum atomic E-state index is 6.06. The van der Waals surface area contributed by atoms with E-state index in [-0.39, 0.29) is 0 Å². The van der Waals surface area contributed by atoms with Crippen molar-refractivity contribution in [3.63, 3.8) is 0 Å². The average Bonchev–Trinajstić information content (AvgIpc) is 3.18. The minimum absolute atomic E-state index is 0.639. The summed E-state index contributed by atoms with van der Waals surface area (Å²) in [6.45, 7) is 2.62. The van der Waals surface area contributed by atoms with Gasteiger partial charge < -0.3 is 4.74 Å². The summed E-state index contributed by atoms with van der Waals surface area (Å²) in [5.41, 5.74) is 3.19. The maximum Gasteiger partial charge on any atom is 0.196 e. The molecule has 0 aliphatic carbocycles. The van der Waals surface area contributed by atoms with E-state index in [1.807, 2.05) is 73.7 Å². The predicted octanol–water partition coefficient (Wildman–Crippen LogP) is 6.28. The molecule has 0 spiro atoms. The van der Waals surface area contributed by atoms with Gasteiger partial charge in [-0.1, -0.05) is 53.7 Å². The number of hydrogen-bond acceptors (Lipinski definition) is 4. The van der Waals surface area contributed by atoms with Crippen LogP contribution in [0.3, 0.4) is 0 Å². The van der Waals surface area contributed by atoms with Gasteiger partial charge in [0, 0.05) is 22.0 Å². The number of thioether (sulfide) groups is 1. The monoisotopic (exact) mass is 421 g/mol. The van der Waals surface area contributed by atoms with Crippen LogP contribution in [0.4, 0.5) is 0 Å². The minimum atomic E-state index is 0.639. The number of ether oxygens (including phenoxy) is 1. The molecule has 0 aliphatic heterocycles. The van der Waals surface area contributed by atoms with Crippen LogP contribution in [0.15, 0.2) is 84.0 Å². The van der Waals surface area contributed by atoms with Gasteiger partial charge in [-0.15, -0.1) is 10.2 Å². The van der Waals surface area contributed by atoms with E-state index in [9.17, 15) is 0 Å². The zero-order valence-corrected chi connectivity index (χ0v) is 17.5. The van der Waals surface area contributed by atoms with Crippen LogP contribution < -0.4 is 4.74 Å². The highest BCUT2D eigenvalue weighted by atomic mass is 35.5. The fourth-order valence-corrected chi connectivity index (χ4v) is 4.00. The van der Waals surface area contributed by atoms with Crippen LogP contribution in [0.5, 0.6) is 5.75 Å². The first kappa shape index (κ1) is 19.6. The van der Waals surface area contributed by atoms with E-state index in [0.29, 0.717) is 11.6 Å². The van der Waals surface area contributed by atoms with Gasteiger partial charge in [-0.05, 0) is 61.0 Å². The lowest BCUT2D eigenvalue weighted by atomic mass is 10.2. The van der Waals surface area contributed by atoms with E-state index in [2.05, 4.69) is 26.9 Å². The lowest BCUT2D eigenvalue weighted by molar-refractivity contribution is 0.340. The highest BCUT2D eigenvalue weighted by Crippen LogP contribution is 2.31. The van der Waals surface area contributed by atoms with Crippen molar-refractivity contribution >= 4 is 23.4 Å². The summed E-state index contributed by atoms with van der Waals surface area (Å²) in [5, 5.41) is 10.5. The van der Waals surface area contributed by atoms with Crippen LogP contribution in [-0.4, -0.2) is 21.4 Å². The van der Waals surface area contributed by atoms with Gasteiger partial charge in [0.25, 0.3) is 0 Å². The molecule has 0 atom stereocenters. The second-order valence-electron chi connectivity index (χ2n) is 6.35. The number of nitrogens with zero attached hydrogens (tertiary/aromatic N) is 3. The lowest BCUT2D eigenvalue weighted by Gasteiger charge is -2.11. The highest BCUT2D eigenvalue weighted by molar-refractivity contribution is 7.98. The lowest BCUT2D eigenvalue weighted by Crippen LogP contribution is -2.00. The van der Waals surface area contributed by atoms with Crippen molar-refractivity contribution in [2.75, 3.05) is 6.61 Å². The van der Waals surface area contributed by atoms with Gasteiger partial charge in [0.15, 0.2) is 11.0 Å². The molecule has 0 saturated carbocycles. The van der Waals surface area contributed by atoms with Crippen molar-refractivity contribution in [1.82, 2.24) is 14.8 Å². The van der Waals surface area contributed by atoms with Crippen molar-refractivity contribution in [3.05, 3.63) is 89.4 Å². The van der Waals surface area contributed by atoms with Crippen LogP contribution in [0.25, 0.3) is 17.1 Å². The highest BCUT2D eigenvalue weighted by Gasteiger charge is 2.16. The van der Waals surface area contributed by atoms with Crippen molar-refractivity contribution in [2.24, 2.45) is 0 Å². The van der Waals surface area contributed by atoms with E-state index >= 15 is 0 Å². The smallest absolute Gasteiger partial charge is 0.196 e. The zero-order valence-electron chi connectivity index (χ0n) is 16.0. The SMILES string of the molecule is CCOc1ccc(-n2c(SCc3ccccc3)nnc2-c2ccc(Cl)cc2)cc1. The molecule has 0 saturated heterocycles. The summed E-state index contributed by atoms with van der Waals surface area (Å²) in [7, 11) is 0. The van der Waals surface area contributed by atoms with E-state index in [0.717, 1.165) is 33.7 Å². The Morgan fingerprint density at radius 3 is 2.31 bits per heavy atom. The van der Waals surface area contributed by atoms with Gasteiger partial charge in [-0.2, -0.15) is 0 Å². The van der Waals surface area contributed by atoms with E-state index in [4.69, 9.17) is 16.3 Å². The summed E-state index contributed by atoms with van der Waals surface area (Å²) >= 11 is 7.73. The summed E-state index contributed by atoms with van der Waals surface area (Å²) < 4.78 is 7.66. The molecule has 6 heteroatoms. The molecule has 4 nitrogen and oxygen atoms in total. The standard InChI is InChI=1S/C23H20ClN3OS/c1-2-28-21-14-12-20(13-15-21)27-22(18-8-10-19(24)11-9-18)25-26-23(27)29-16-17-6-4-3-5-7-17/h3-15H,2,16H2,1H3. The third-order valence-corrected chi connectivity index (χ3v) is 5.60. The second-order valence-corrected chi connectivity index (χ2v) is 7.73. The Morgan fingerprint density at radius 2 is 1.62 bits per heavy atom. The average molecular weight is 422 g/mol. The third kappa shape index (κ3) is 4.63. The summed E-state index contributed by atoms with van der Waals surface area (Å²) in [6.07, 6.45) is 0.